The number of alkyl carbamates (subject to hydrolysis) is 1. The maximum Gasteiger partial charge on any atom is 0.407 e. The summed E-state index contributed by atoms with van der Waals surface area (Å²) < 4.78 is 11.8. The molecule has 5 rings (SSSR count). The Kier molecular flexibility index (Phi) is 8.01. The van der Waals surface area contributed by atoms with Gasteiger partial charge in [0.2, 0.25) is 0 Å². The van der Waals surface area contributed by atoms with Crippen LogP contribution < -0.4 is 5.32 Å². The Bertz CT molecular complexity index is 1400. The predicted octanol–water partition coefficient (Wildman–Crippen LogP) is 7.50. The normalized spacial score (nSPS) is 13.1. The van der Waals surface area contributed by atoms with E-state index in [2.05, 4.69) is 29.6 Å². The number of hydrogen-bond acceptors (Lipinski definition) is 4. The van der Waals surface area contributed by atoms with Gasteiger partial charge in [-0.15, -0.1) is 0 Å². The van der Waals surface area contributed by atoms with Crippen LogP contribution in [0.25, 0.3) is 11.1 Å². The van der Waals surface area contributed by atoms with Gasteiger partial charge in [0, 0.05) is 5.92 Å². The van der Waals surface area contributed by atoms with Crippen LogP contribution in [0, 0.1) is 19.8 Å². The van der Waals surface area contributed by atoms with E-state index in [0.717, 1.165) is 44.5 Å². The number of aryl methyl sites for hydroxylation is 2. The third-order valence-electron chi connectivity index (χ3n) is 7.53. The summed E-state index contributed by atoms with van der Waals surface area (Å²) in [6, 6.07) is 31.4. The predicted molar refractivity (Wildman–Crippen MR) is 157 cm³/mol. The highest BCUT2D eigenvalue weighted by Gasteiger charge is 2.32. The molecule has 40 heavy (non-hydrogen) atoms. The van der Waals surface area contributed by atoms with Crippen molar-refractivity contribution in [2.24, 2.45) is 5.92 Å². The lowest BCUT2D eigenvalue weighted by Gasteiger charge is -2.25. The maximum absolute atomic E-state index is 13.5. The molecule has 1 aliphatic carbocycles. The van der Waals surface area contributed by atoms with Gasteiger partial charge < -0.3 is 14.8 Å². The molecule has 1 atom stereocenters. The standard InChI is InChI=1S/C35H35NO4/c1-22(2)32(34(37)40-33(25-17-13-23(3)14-18-25)26-19-15-24(4)16-20-26)36-35(38)39-21-31-29-11-7-5-9-27(29)28-10-6-8-12-30(28)31/h5-20,22,31-33H,21H2,1-4H3,(H,36,38)/t32-/m0/s1. The lowest BCUT2D eigenvalue weighted by atomic mass is 9.98. The first-order valence-corrected chi connectivity index (χ1v) is 13.8. The molecule has 4 aromatic rings. The summed E-state index contributed by atoms with van der Waals surface area (Å²) in [5, 5.41) is 2.78. The summed E-state index contributed by atoms with van der Waals surface area (Å²) in [5.41, 5.74) is 8.57. The number of benzene rings is 4. The van der Waals surface area contributed by atoms with Gasteiger partial charge in [0.25, 0.3) is 0 Å². The Morgan fingerprint density at radius 1 is 0.725 bits per heavy atom. The fourth-order valence-corrected chi connectivity index (χ4v) is 5.27. The Labute approximate surface area is 236 Å². The summed E-state index contributed by atoms with van der Waals surface area (Å²) in [7, 11) is 0. The topological polar surface area (TPSA) is 64.6 Å². The van der Waals surface area contributed by atoms with Crippen molar-refractivity contribution < 1.29 is 19.1 Å². The third-order valence-corrected chi connectivity index (χ3v) is 7.53. The maximum atomic E-state index is 13.5. The van der Waals surface area contributed by atoms with E-state index in [-0.39, 0.29) is 18.4 Å². The van der Waals surface area contributed by atoms with E-state index in [1.807, 2.05) is 100 Å². The smallest absolute Gasteiger partial charge is 0.407 e. The van der Waals surface area contributed by atoms with Crippen molar-refractivity contribution in [2.45, 2.75) is 45.8 Å². The van der Waals surface area contributed by atoms with Gasteiger partial charge in [0.05, 0.1) is 0 Å². The van der Waals surface area contributed by atoms with Gasteiger partial charge in [-0.25, -0.2) is 9.59 Å². The first-order chi connectivity index (χ1) is 19.3. The number of esters is 1. The average molecular weight is 534 g/mol. The van der Waals surface area contributed by atoms with Crippen molar-refractivity contribution in [1.29, 1.82) is 0 Å². The Morgan fingerprint density at radius 2 is 1.20 bits per heavy atom. The monoisotopic (exact) mass is 533 g/mol. The molecule has 0 radical (unpaired) electrons. The van der Waals surface area contributed by atoms with Crippen LogP contribution in [0.15, 0.2) is 97.1 Å². The number of hydrogen-bond donors (Lipinski definition) is 1. The van der Waals surface area contributed by atoms with Crippen LogP contribution in [0.2, 0.25) is 0 Å². The molecule has 0 saturated heterocycles. The van der Waals surface area contributed by atoms with Crippen LogP contribution in [-0.2, 0) is 14.3 Å². The SMILES string of the molecule is Cc1ccc(C(OC(=O)[C@@H](NC(=O)OCC2c3ccccc3-c3ccccc32)C(C)C)c2ccc(C)cc2)cc1. The van der Waals surface area contributed by atoms with Crippen LogP contribution in [0.5, 0.6) is 0 Å². The highest BCUT2D eigenvalue weighted by molar-refractivity contribution is 5.82. The quantitative estimate of drug-likeness (QED) is 0.238. The second kappa shape index (κ2) is 11.8. The van der Waals surface area contributed by atoms with Gasteiger partial charge in [-0.3, -0.25) is 0 Å². The number of ether oxygens (including phenoxy) is 2. The summed E-state index contributed by atoms with van der Waals surface area (Å²) in [4.78, 5) is 26.5. The molecule has 4 aromatic carbocycles. The fourth-order valence-electron chi connectivity index (χ4n) is 5.27. The van der Waals surface area contributed by atoms with Gasteiger partial charge in [-0.2, -0.15) is 0 Å². The molecular formula is C35H35NO4. The van der Waals surface area contributed by atoms with E-state index in [1.54, 1.807) is 0 Å². The third kappa shape index (κ3) is 5.79. The van der Waals surface area contributed by atoms with E-state index in [0.29, 0.717) is 0 Å². The van der Waals surface area contributed by atoms with Gasteiger partial charge in [-0.1, -0.05) is 122 Å². The number of amides is 1. The minimum atomic E-state index is -0.867. The molecule has 5 nitrogen and oxygen atoms in total. The number of carbonyl (C=O) groups excluding carboxylic acids is 2. The molecule has 0 unspecified atom stereocenters. The Morgan fingerprint density at radius 3 is 1.68 bits per heavy atom. The van der Waals surface area contributed by atoms with E-state index in [9.17, 15) is 9.59 Å². The molecular weight excluding hydrogens is 498 g/mol. The second-order valence-electron chi connectivity index (χ2n) is 10.8. The van der Waals surface area contributed by atoms with Crippen molar-refractivity contribution in [3.63, 3.8) is 0 Å². The van der Waals surface area contributed by atoms with Crippen molar-refractivity contribution in [3.05, 3.63) is 130 Å². The Hall–Kier alpha value is -4.38. The molecule has 0 fully saturated rings. The van der Waals surface area contributed by atoms with Crippen molar-refractivity contribution in [1.82, 2.24) is 5.32 Å². The largest absolute Gasteiger partial charge is 0.451 e. The highest BCUT2D eigenvalue weighted by atomic mass is 16.6. The molecule has 0 aliphatic heterocycles. The van der Waals surface area contributed by atoms with Crippen LogP contribution in [-0.4, -0.2) is 24.7 Å². The molecule has 0 spiro atoms. The van der Waals surface area contributed by atoms with E-state index >= 15 is 0 Å². The number of nitrogens with one attached hydrogen (secondary N) is 1. The molecule has 0 aromatic heterocycles. The van der Waals surface area contributed by atoms with Crippen LogP contribution in [0.3, 0.4) is 0 Å². The summed E-state index contributed by atoms with van der Waals surface area (Å²) >= 11 is 0. The van der Waals surface area contributed by atoms with Crippen molar-refractivity contribution in [2.75, 3.05) is 6.61 Å². The fraction of sp³-hybridized carbons (Fsp3) is 0.257. The lowest BCUT2D eigenvalue weighted by molar-refractivity contribution is -0.151. The van der Waals surface area contributed by atoms with Gasteiger partial charge in [-0.05, 0) is 53.1 Å². The molecule has 204 valence electrons. The summed E-state index contributed by atoms with van der Waals surface area (Å²) in [6.45, 7) is 7.97. The van der Waals surface area contributed by atoms with E-state index in [4.69, 9.17) is 9.47 Å². The number of carbonyl (C=O) groups is 2. The summed E-state index contributed by atoms with van der Waals surface area (Å²) in [5.74, 6) is -0.769. The molecule has 0 bridgehead atoms. The molecule has 1 N–H and O–H groups in total. The molecule has 1 amide bonds. The Balaban J connectivity index is 1.29. The first kappa shape index (κ1) is 27.2. The minimum Gasteiger partial charge on any atom is -0.451 e. The number of fused-ring (bicyclic) bond motifs is 3. The average Bonchev–Trinajstić information content (AvgIpc) is 3.28. The molecule has 0 saturated carbocycles. The minimum absolute atomic E-state index is 0.0601. The number of rotatable bonds is 8. The van der Waals surface area contributed by atoms with Gasteiger partial charge in [0.1, 0.15) is 12.6 Å². The van der Waals surface area contributed by atoms with E-state index in [1.165, 1.54) is 0 Å². The van der Waals surface area contributed by atoms with Crippen molar-refractivity contribution >= 4 is 12.1 Å². The summed E-state index contributed by atoms with van der Waals surface area (Å²) in [6.07, 6.45) is -1.24. The van der Waals surface area contributed by atoms with Crippen LogP contribution >= 0.6 is 0 Å². The highest BCUT2D eigenvalue weighted by Crippen LogP contribution is 2.44. The molecule has 0 heterocycles. The zero-order valence-electron chi connectivity index (χ0n) is 23.4. The van der Waals surface area contributed by atoms with Crippen LogP contribution in [0.4, 0.5) is 4.79 Å². The molecule has 1 aliphatic rings. The second-order valence-corrected chi connectivity index (χ2v) is 10.8. The van der Waals surface area contributed by atoms with Gasteiger partial charge >= 0.3 is 12.1 Å². The van der Waals surface area contributed by atoms with Crippen molar-refractivity contribution in [3.8, 4) is 11.1 Å². The van der Waals surface area contributed by atoms with Gasteiger partial charge in [0.15, 0.2) is 6.10 Å². The zero-order chi connectivity index (χ0) is 28.2. The van der Waals surface area contributed by atoms with E-state index < -0.39 is 24.2 Å². The molecule has 5 heteroatoms. The van der Waals surface area contributed by atoms with Crippen LogP contribution in [0.1, 0.15) is 59.3 Å². The first-order valence-electron chi connectivity index (χ1n) is 13.8. The zero-order valence-corrected chi connectivity index (χ0v) is 23.4. The lowest BCUT2D eigenvalue weighted by Crippen LogP contribution is -2.46.